The summed E-state index contributed by atoms with van der Waals surface area (Å²) in [4.78, 5) is 23.8. The van der Waals surface area contributed by atoms with Crippen LogP contribution in [0.15, 0.2) is 48.6 Å². The molecule has 1 aliphatic heterocycles. The zero-order chi connectivity index (χ0) is 27.5. The predicted octanol–water partition coefficient (Wildman–Crippen LogP) is 6.62. The van der Waals surface area contributed by atoms with E-state index in [0.29, 0.717) is 19.8 Å². The average Bonchev–Trinajstić information content (AvgIpc) is 2.92. The molecule has 0 bridgehead atoms. The van der Waals surface area contributed by atoms with Gasteiger partial charge < -0.3 is 24.7 Å². The minimum absolute atomic E-state index is 0.127. The molecule has 0 aliphatic carbocycles. The Morgan fingerprint density at radius 2 is 1.89 bits per heavy atom. The maximum atomic E-state index is 12.8. The lowest BCUT2D eigenvalue weighted by molar-refractivity contribution is -0.385. The maximum absolute atomic E-state index is 12.8. The van der Waals surface area contributed by atoms with Crippen molar-refractivity contribution in [3.8, 4) is 11.5 Å². The van der Waals surface area contributed by atoms with Crippen LogP contribution in [0.5, 0.6) is 11.5 Å². The topological polar surface area (TPSA) is 123 Å². The highest BCUT2D eigenvalue weighted by molar-refractivity contribution is 5.97. The van der Waals surface area contributed by atoms with Crippen molar-refractivity contribution in [2.75, 3.05) is 25.6 Å². The number of allylic oxidation sites excluding steroid dienone is 1. The SMILES string of the molecule is CCCCCC=C[C@H]1CO[C@H](c2ccc(OC(=O)c3cc(N)c(OC[C@@H](C)CC)cc3[N+](=O)[O-])cc2)OC1. The summed E-state index contributed by atoms with van der Waals surface area (Å²) in [5.41, 5.74) is 6.25. The van der Waals surface area contributed by atoms with Crippen molar-refractivity contribution in [3.05, 3.63) is 69.8 Å². The Morgan fingerprint density at radius 3 is 2.53 bits per heavy atom. The smallest absolute Gasteiger partial charge is 0.350 e. The van der Waals surface area contributed by atoms with E-state index in [1.807, 2.05) is 13.8 Å². The Hall–Kier alpha value is -3.43. The van der Waals surface area contributed by atoms with Crippen molar-refractivity contribution in [3.63, 3.8) is 0 Å². The van der Waals surface area contributed by atoms with E-state index in [9.17, 15) is 14.9 Å². The van der Waals surface area contributed by atoms with Gasteiger partial charge in [-0.25, -0.2) is 4.79 Å². The number of hydrogen-bond acceptors (Lipinski definition) is 8. The number of nitro benzene ring substituents is 1. The highest BCUT2D eigenvalue weighted by Crippen LogP contribution is 2.33. The molecule has 2 aromatic carbocycles. The number of unbranched alkanes of at least 4 members (excludes halogenated alkanes) is 3. The van der Waals surface area contributed by atoms with E-state index in [-0.39, 0.29) is 34.6 Å². The zero-order valence-electron chi connectivity index (χ0n) is 22.4. The van der Waals surface area contributed by atoms with Crippen LogP contribution in [-0.4, -0.2) is 30.7 Å². The molecule has 0 aromatic heterocycles. The highest BCUT2D eigenvalue weighted by Gasteiger charge is 2.26. The van der Waals surface area contributed by atoms with E-state index in [4.69, 9.17) is 24.7 Å². The number of nitrogens with zero attached hydrogens (tertiary/aromatic N) is 1. The molecule has 0 amide bonds. The molecule has 9 nitrogen and oxygen atoms in total. The first kappa shape index (κ1) is 29.1. The summed E-state index contributed by atoms with van der Waals surface area (Å²) in [5, 5.41) is 11.6. The monoisotopic (exact) mass is 526 g/mol. The summed E-state index contributed by atoms with van der Waals surface area (Å²) < 4.78 is 22.8. The molecule has 2 aromatic rings. The van der Waals surface area contributed by atoms with Crippen molar-refractivity contribution in [2.24, 2.45) is 11.8 Å². The lowest BCUT2D eigenvalue weighted by atomic mass is 10.1. The number of carbonyl (C=O) groups excluding carboxylic acids is 1. The number of nitro groups is 1. The summed E-state index contributed by atoms with van der Waals surface area (Å²) in [6.07, 6.45) is 9.44. The van der Waals surface area contributed by atoms with Gasteiger partial charge in [0.2, 0.25) is 0 Å². The lowest BCUT2D eigenvalue weighted by Gasteiger charge is -2.28. The number of esters is 1. The molecule has 1 atom stereocenters. The van der Waals surface area contributed by atoms with Crippen LogP contribution in [0.4, 0.5) is 11.4 Å². The molecule has 0 spiro atoms. The first-order chi connectivity index (χ1) is 18.3. The molecule has 1 saturated heterocycles. The first-order valence-corrected chi connectivity index (χ1v) is 13.2. The molecule has 1 heterocycles. The normalized spacial score (nSPS) is 18.3. The number of ether oxygens (including phenoxy) is 4. The largest absolute Gasteiger partial charge is 0.491 e. The van der Waals surface area contributed by atoms with Gasteiger partial charge >= 0.3 is 5.97 Å². The van der Waals surface area contributed by atoms with Crippen molar-refractivity contribution < 1.29 is 28.7 Å². The van der Waals surface area contributed by atoms with E-state index >= 15 is 0 Å². The molecule has 206 valence electrons. The molecule has 2 N–H and O–H groups in total. The Kier molecular flexibility index (Phi) is 11.1. The van der Waals surface area contributed by atoms with Gasteiger partial charge in [0.25, 0.3) is 5.69 Å². The van der Waals surface area contributed by atoms with Crippen molar-refractivity contribution in [1.29, 1.82) is 0 Å². The van der Waals surface area contributed by atoms with Crippen molar-refractivity contribution >= 4 is 17.3 Å². The summed E-state index contributed by atoms with van der Waals surface area (Å²) in [7, 11) is 0. The third-order valence-corrected chi connectivity index (χ3v) is 6.43. The van der Waals surface area contributed by atoms with Gasteiger partial charge in [0.15, 0.2) is 6.29 Å². The fourth-order valence-electron chi connectivity index (χ4n) is 3.85. The molecule has 9 heteroatoms. The van der Waals surface area contributed by atoms with E-state index in [2.05, 4.69) is 19.1 Å². The number of benzene rings is 2. The van der Waals surface area contributed by atoms with E-state index < -0.39 is 22.9 Å². The van der Waals surface area contributed by atoms with Gasteiger partial charge in [-0.1, -0.05) is 64.3 Å². The van der Waals surface area contributed by atoms with Crippen LogP contribution < -0.4 is 15.2 Å². The van der Waals surface area contributed by atoms with Gasteiger partial charge in [-0.2, -0.15) is 0 Å². The van der Waals surface area contributed by atoms with Crippen LogP contribution in [-0.2, 0) is 9.47 Å². The number of anilines is 1. The second-order valence-electron chi connectivity index (χ2n) is 9.63. The predicted molar refractivity (Wildman–Crippen MR) is 145 cm³/mol. The highest BCUT2D eigenvalue weighted by atomic mass is 16.7. The molecule has 3 rings (SSSR count). The van der Waals surface area contributed by atoms with E-state index in [1.165, 1.54) is 31.4 Å². The Balaban J connectivity index is 1.59. The zero-order valence-corrected chi connectivity index (χ0v) is 22.4. The summed E-state index contributed by atoms with van der Waals surface area (Å²) in [6, 6.07) is 9.06. The molecule has 1 aliphatic rings. The van der Waals surface area contributed by atoms with Crippen LogP contribution in [0, 0.1) is 22.0 Å². The number of nitrogen functional groups attached to an aromatic ring is 1. The van der Waals surface area contributed by atoms with Crippen LogP contribution >= 0.6 is 0 Å². The average molecular weight is 527 g/mol. The Morgan fingerprint density at radius 1 is 1.18 bits per heavy atom. The van der Waals surface area contributed by atoms with Gasteiger partial charge in [0, 0.05) is 11.5 Å². The number of rotatable bonds is 13. The second-order valence-corrected chi connectivity index (χ2v) is 9.63. The number of nitrogens with two attached hydrogens (primary N) is 1. The lowest BCUT2D eigenvalue weighted by Crippen LogP contribution is -2.25. The van der Waals surface area contributed by atoms with Crippen LogP contribution in [0.2, 0.25) is 0 Å². The van der Waals surface area contributed by atoms with Gasteiger partial charge in [-0.3, -0.25) is 10.1 Å². The fourth-order valence-corrected chi connectivity index (χ4v) is 3.85. The molecule has 38 heavy (non-hydrogen) atoms. The third-order valence-electron chi connectivity index (χ3n) is 6.43. The number of carbonyl (C=O) groups is 1. The third kappa shape index (κ3) is 8.29. The van der Waals surface area contributed by atoms with Gasteiger partial charge in [-0.15, -0.1) is 0 Å². The van der Waals surface area contributed by atoms with Gasteiger partial charge in [-0.05, 0) is 37.0 Å². The Bertz CT molecular complexity index is 1090. The summed E-state index contributed by atoms with van der Waals surface area (Å²) in [6.45, 7) is 7.69. The van der Waals surface area contributed by atoms with Crippen LogP contribution in [0.3, 0.4) is 0 Å². The maximum Gasteiger partial charge on any atom is 0.350 e. The quantitative estimate of drug-likeness (QED) is 0.0587. The summed E-state index contributed by atoms with van der Waals surface area (Å²) >= 11 is 0. The van der Waals surface area contributed by atoms with Crippen molar-refractivity contribution in [1.82, 2.24) is 0 Å². The van der Waals surface area contributed by atoms with Gasteiger partial charge in [0.1, 0.15) is 17.1 Å². The molecule has 1 fully saturated rings. The standard InChI is InChI=1S/C29H38N2O7/c1-4-6-7-8-9-10-21-18-36-29(37-19-21)22-11-13-23(14-12-22)38-28(32)24-15-25(30)27(16-26(24)31(33)34)35-17-20(3)5-2/h9-16,20-21,29H,4-8,17-19,30H2,1-3H3/t20-,21-,29-/m0/s1. The second kappa shape index (κ2) is 14.5. The van der Waals surface area contributed by atoms with Gasteiger partial charge in [0.05, 0.1) is 36.5 Å². The fraction of sp³-hybridized carbons (Fsp3) is 0.483. The minimum atomic E-state index is -0.886. The van der Waals surface area contributed by atoms with Crippen LogP contribution in [0.1, 0.15) is 75.1 Å². The Labute approximate surface area is 224 Å². The first-order valence-electron chi connectivity index (χ1n) is 13.2. The molecular formula is C29H38N2O7. The number of hydrogen-bond donors (Lipinski definition) is 1. The molecule has 0 unspecified atom stereocenters. The molecule has 0 saturated carbocycles. The van der Waals surface area contributed by atoms with E-state index in [1.54, 1.807) is 24.3 Å². The van der Waals surface area contributed by atoms with Crippen LogP contribution in [0.25, 0.3) is 0 Å². The van der Waals surface area contributed by atoms with E-state index in [0.717, 1.165) is 18.4 Å². The molecule has 0 radical (unpaired) electrons. The van der Waals surface area contributed by atoms with Crippen molar-refractivity contribution in [2.45, 2.75) is 59.2 Å². The molecular weight excluding hydrogens is 488 g/mol. The minimum Gasteiger partial charge on any atom is -0.491 e. The summed E-state index contributed by atoms with van der Waals surface area (Å²) in [5.74, 6) is -0.0115.